The van der Waals surface area contributed by atoms with E-state index in [2.05, 4.69) is 29.1 Å². The number of hydrogen-bond acceptors (Lipinski definition) is 4. The number of likely N-dealkylation sites (N-methyl/N-ethyl adjacent to an activating group) is 1. The molecule has 1 fully saturated rings. The minimum atomic E-state index is -0.236. The number of carbonyl (C=O) groups excluding carboxylic acids is 1. The molecule has 1 aliphatic rings. The molecule has 0 aliphatic carbocycles. The van der Waals surface area contributed by atoms with E-state index in [1.807, 2.05) is 30.3 Å². The topological polar surface area (TPSA) is 61.6 Å². The van der Waals surface area contributed by atoms with Crippen LogP contribution in [-0.2, 0) is 4.79 Å². The molecule has 122 valence electrons. The lowest BCUT2D eigenvalue weighted by Gasteiger charge is -2.36. The van der Waals surface area contributed by atoms with Crippen molar-refractivity contribution in [2.75, 3.05) is 39.8 Å². The molecule has 2 unspecified atom stereocenters. The van der Waals surface area contributed by atoms with Crippen LogP contribution < -0.4 is 11.1 Å². The molecule has 2 rings (SSSR count). The Morgan fingerprint density at radius 3 is 2.50 bits per heavy atom. The second-order valence-electron chi connectivity index (χ2n) is 6.21. The van der Waals surface area contributed by atoms with E-state index in [4.69, 9.17) is 5.73 Å². The molecule has 1 aromatic carbocycles. The van der Waals surface area contributed by atoms with Crippen LogP contribution in [0.25, 0.3) is 0 Å². The van der Waals surface area contributed by atoms with Gasteiger partial charge in [0, 0.05) is 51.2 Å². The maximum atomic E-state index is 12.0. The highest BCUT2D eigenvalue weighted by atomic mass is 16.1. The Bertz CT molecular complexity index is 457. The van der Waals surface area contributed by atoms with Crippen molar-refractivity contribution in [1.29, 1.82) is 0 Å². The van der Waals surface area contributed by atoms with Gasteiger partial charge in [0.2, 0.25) is 5.91 Å². The molecular weight excluding hydrogens is 276 g/mol. The van der Waals surface area contributed by atoms with Gasteiger partial charge in [0.1, 0.15) is 0 Å². The largest absolute Gasteiger partial charge is 0.354 e. The summed E-state index contributed by atoms with van der Waals surface area (Å²) in [5, 5.41) is 3.02. The third-order valence-corrected chi connectivity index (χ3v) is 4.39. The van der Waals surface area contributed by atoms with Gasteiger partial charge in [0.05, 0.1) is 0 Å². The molecule has 0 aromatic heterocycles. The molecule has 1 amide bonds. The summed E-state index contributed by atoms with van der Waals surface area (Å²) in [7, 11) is 2.15. The highest BCUT2D eigenvalue weighted by Gasteiger charge is 2.19. The number of nitrogens with zero attached hydrogens (tertiary/aromatic N) is 2. The quantitative estimate of drug-likeness (QED) is 0.817. The lowest BCUT2D eigenvalue weighted by atomic mass is 10.0. The van der Waals surface area contributed by atoms with Crippen molar-refractivity contribution < 1.29 is 4.79 Å². The molecule has 1 saturated heterocycles. The van der Waals surface area contributed by atoms with Crippen LogP contribution in [0.2, 0.25) is 0 Å². The Balaban J connectivity index is 1.71. The van der Waals surface area contributed by atoms with Gasteiger partial charge in [0.25, 0.3) is 0 Å². The summed E-state index contributed by atoms with van der Waals surface area (Å²) in [6.45, 7) is 7.18. The molecule has 1 aliphatic heterocycles. The van der Waals surface area contributed by atoms with E-state index < -0.39 is 0 Å². The fourth-order valence-corrected chi connectivity index (χ4v) is 2.74. The van der Waals surface area contributed by atoms with Crippen LogP contribution in [0.1, 0.15) is 24.9 Å². The van der Waals surface area contributed by atoms with Crippen LogP contribution in [0.15, 0.2) is 30.3 Å². The second-order valence-corrected chi connectivity index (χ2v) is 6.21. The van der Waals surface area contributed by atoms with E-state index >= 15 is 0 Å². The molecule has 1 heterocycles. The number of benzene rings is 1. The normalized spacial score (nSPS) is 19.6. The van der Waals surface area contributed by atoms with E-state index in [-0.39, 0.29) is 11.9 Å². The molecule has 0 saturated carbocycles. The zero-order chi connectivity index (χ0) is 15.9. The van der Waals surface area contributed by atoms with Crippen LogP contribution >= 0.6 is 0 Å². The lowest BCUT2D eigenvalue weighted by Crippen LogP contribution is -2.51. The minimum Gasteiger partial charge on any atom is -0.354 e. The van der Waals surface area contributed by atoms with Crippen molar-refractivity contribution >= 4 is 5.91 Å². The van der Waals surface area contributed by atoms with Crippen molar-refractivity contribution in [3.63, 3.8) is 0 Å². The zero-order valence-electron chi connectivity index (χ0n) is 13.7. The van der Waals surface area contributed by atoms with Gasteiger partial charge >= 0.3 is 0 Å². The van der Waals surface area contributed by atoms with Crippen molar-refractivity contribution in [3.05, 3.63) is 35.9 Å². The van der Waals surface area contributed by atoms with Gasteiger partial charge in [0.15, 0.2) is 0 Å². The van der Waals surface area contributed by atoms with Crippen molar-refractivity contribution in [2.24, 2.45) is 5.73 Å². The first kappa shape index (κ1) is 16.9. The van der Waals surface area contributed by atoms with Crippen molar-refractivity contribution in [3.8, 4) is 0 Å². The fraction of sp³-hybridized carbons (Fsp3) is 0.588. The first-order valence-corrected chi connectivity index (χ1v) is 8.06. The molecule has 5 heteroatoms. The number of nitrogens with one attached hydrogen (secondary N) is 1. The van der Waals surface area contributed by atoms with E-state index in [1.165, 1.54) is 0 Å². The summed E-state index contributed by atoms with van der Waals surface area (Å²) >= 11 is 0. The summed E-state index contributed by atoms with van der Waals surface area (Å²) in [6.07, 6.45) is 0.333. The van der Waals surface area contributed by atoms with E-state index in [1.54, 1.807) is 0 Å². The van der Waals surface area contributed by atoms with Crippen molar-refractivity contribution in [2.45, 2.75) is 25.4 Å². The number of piperazine rings is 1. The third kappa shape index (κ3) is 5.09. The molecule has 2 atom stereocenters. The first-order valence-electron chi connectivity index (χ1n) is 8.06. The van der Waals surface area contributed by atoms with Gasteiger partial charge in [-0.15, -0.1) is 0 Å². The van der Waals surface area contributed by atoms with Crippen LogP contribution in [0.5, 0.6) is 0 Å². The SMILES string of the molecule is CC(CNC(=O)CC(N)c1ccccc1)N1CCN(C)CC1. The number of rotatable bonds is 6. The predicted octanol–water partition coefficient (Wildman–Crippen LogP) is 0.829. The molecule has 0 bridgehead atoms. The Kier molecular flexibility index (Phi) is 6.36. The minimum absolute atomic E-state index is 0.0253. The Morgan fingerprint density at radius 2 is 1.86 bits per heavy atom. The van der Waals surface area contributed by atoms with Crippen LogP contribution in [0, 0.1) is 0 Å². The van der Waals surface area contributed by atoms with Gasteiger partial charge in [-0.05, 0) is 19.5 Å². The summed E-state index contributed by atoms with van der Waals surface area (Å²) in [5.74, 6) is 0.0253. The van der Waals surface area contributed by atoms with Crippen LogP contribution in [0.4, 0.5) is 0 Å². The Hall–Kier alpha value is -1.43. The molecule has 0 radical (unpaired) electrons. The summed E-state index contributed by atoms with van der Waals surface area (Å²) in [5.41, 5.74) is 7.09. The van der Waals surface area contributed by atoms with E-state index in [0.717, 1.165) is 31.7 Å². The third-order valence-electron chi connectivity index (χ3n) is 4.39. The number of nitrogens with two attached hydrogens (primary N) is 1. The van der Waals surface area contributed by atoms with Gasteiger partial charge in [-0.2, -0.15) is 0 Å². The predicted molar refractivity (Wildman–Crippen MR) is 89.5 cm³/mol. The Morgan fingerprint density at radius 1 is 1.23 bits per heavy atom. The first-order chi connectivity index (χ1) is 10.6. The highest BCUT2D eigenvalue weighted by molar-refractivity contribution is 5.76. The average Bonchev–Trinajstić information content (AvgIpc) is 2.54. The molecule has 22 heavy (non-hydrogen) atoms. The van der Waals surface area contributed by atoms with E-state index in [0.29, 0.717) is 19.0 Å². The second kappa shape index (κ2) is 8.27. The Labute approximate surface area is 133 Å². The standard InChI is InChI=1S/C17H28N4O/c1-14(21-10-8-20(2)9-11-21)13-19-17(22)12-16(18)15-6-4-3-5-7-15/h3-7,14,16H,8-13,18H2,1-2H3,(H,19,22). The van der Waals surface area contributed by atoms with Crippen molar-refractivity contribution in [1.82, 2.24) is 15.1 Å². The van der Waals surface area contributed by atoms with Crippen LogP contribution in [-0.4, -0.2) is 61.5 Å². The number of amides is 1. The van der Waals surface area contributed by atoms with Gasteiger partial charge in [-0.25, -0.2) is 0 Å². The van der Waals surface area contributed by atoms with Crippen LogP contribution in [0.3, 0.4) is 0 Å². The smallest absolute Gasteiger partial charge is 0.221 e. The molecule has 3 N–H and O–H groups in total. The van der Waals surface area contributed by atoms with Gasteiger partial charge < -0.3 is 16.0 Å². The monoisotopic (exact) mass is 304 g/mol. The fourth-order valence-electron chi connectivity index (χ4n) is 2.74. The summed E-state index contributed by atoms with van der Waals surface area (Å²) in [6, 6.07) is 9.90. The molecular formula is C17H28N4O. The number of hydrogen-bond donors (Lipinski definition) is 2. The average molecular weight is 304 g/mol. The van der Waals surface area contributed by atoms with E-state index in [9.17, 15) is 4.79 Å². The number of carbonyl (C=O) groups is 1. The highest BCUT2D eigenvalue weighted by Crippen LogP contribution is 2.13. The zero-order valence-corrected chi connectivity index (χ0v) is 13.7. The lowest BCUT2D eigenvalue weighted by molar-refractivity contribution is -0.121. The molecule has 0 spiro atoms. The maximum absolute atomic E-state index is 12.0. The van der Waals surface area contributed by atoms with Gasteiger partial charge in [-0.3, -0.25) is 9.69 Å². The molecule has 5 nitrogen and oxygen atoms in total. The summed E-state index contributed by atoms with van der Waals surface area (Å²) < 4.78 is 0. The summed E-state index contributed by atoms with van der Waals surface area (Å²) in [4.78, 5) is 16.8. The van der Waals surface area contributed by atoms with Gasteiger partial charge in [-0.1, -0.05) is 30.3 Å². The molecule has 1 aromatic rings. The maximum Gasteiger partial charge on any atom is 0.221 e.